The molecule has 0 spiro atoms. The first-order valence-electron chi connectivity index (χ1n) is 5.00. The van der Waals surface area contributed by atoms with Gasteiger partial charge in [-0.15, -0.1) is 0 Å². The predicted molar refractivity (Wildman–Crippen MR) is 56.4 cm³/mol. The molecule has 0 fully saturated rings. The fraction of sp³-hybridized carbons (Fsp3) is 0.400. The zero-order valence-electron chi connectivity index (χ0n) is 9.45. The van der Waals surface area contributed by atoms with Crippen molar-refractivity contribution in [1.82, 2.24) is 4.98 Å². The summed E-state index contributed by atoms with van der Waals surface area (Å²) >= 11 is 0. The Hall–Kier alpha value is -1.99. The van der Waals surface area contributed by atoms with Crippen LogP contribution < -0.4 is 10.1 Å². The average molecular weight is 264 g/mol. The van der Waals surface area contributed by atoms with E-state index in [1.807, 2.05) is 0 Å². The second-order valence-corrected chi connectivity index (χ2v) is 3.13. The van der Waals surface area contributed by atoms with E-state index in [2.05, 4.69) is 19.8 Å². The zero-order valence-corrected chi connectivity index (χ0v) is 9.45. The van der Waals surface area contributed by atoms with E-state index in [-0.39, 0.29) is 12.5 Å². The molecule has 0 bridgehead atoms. The minimum atomic E-state index is -4.41. The van der Waals surface area contributed by atoms with Crippen molar-refractivity contribution < 1.29 is 27.4 Å². The Bertz CT molecular complexity index is 392. The van der Waals surface area contributed by atoms with Crippen molar-refractivity contribution >= 4 is 11.8 Å². The number of carbonyl (C=O) groups is 1. The van der Waals surface area contributed by atoms with Crippen LogP contribution in [0.3, 0.4) is 0 Å². The third kappa shape index (κ3) is 5.37. The number of pyridine rings is 1. The van der Waals surface area contributed by atoms with Gasteiger partial charge in [0.25, 0.3) is 0 Å². The van der Waals surface area contributed by atoms with Gasteiger partial charge in [-0.1, -0.05) is 0 Å². The normalized spacial score (nSPS) is 10.9. The van der Waals surface area contributed by atoms with Gasteiger partial charge in [0.05, 0.1) is 18.5 Å². The van der Waals surface area contributed by atoms with E-state index < -0.39 is 18.9 Å². The first kappa shape index (κ1) is 14.1. The summed E-state index contributed by atoms with van der Waals surface area (Å²) in [4.78, 5) is 14.6. The molecular formula is C10H11F3N2O3. The third-order valence-corrected chi connectivity index (χ3v) is 1.64. The van der Waals surface area contributed by atoms with E-state index in [1.54, 1.807) is 6.92 Å². The van der Waals surface area contributed by atoms with Crippen molar-refractivity contribution in [2.75, 3.05) is 18.5 Å². The predicted octanol–water partition coefficient (Wildman–Crippen LogP) is 2.59. The molecule has 0 atom stereocenters. The average Bonchev–Trinajstić information content (AvgIpc) is 2.27. The Morgan fingerprint density at radius 2 is 2.17 bits per heavy atom. The van der Waals surface area contributed by atoms with Crippen LogP contribution in [0.1, 0.15) is 6.92 Å². The van der Waals surface area contributed by atoms with Crippen LogP contribution in [0, 0.1) is 0 Å². The first-order chi connectivity index (χ1) is 8.40. The number of hydrogen-bond acceptors (Lipinski definition) is 4. The number of carbonyl (C=O) groups excluding carboxylic acids is 1. The Kier molecular flexibility index (Phi) is 4.75. The number of hydrogen-bond donors (Lipinski definition) is 1. The molecular weight excluding hydrogens is 253 g/mol. The van der Waals surface area contributed by atoms with Crippen LogP contribution in [-0.4, -0.2) is 30.5 Å². The summed E-state index contributed by atoms with van der Waals surface area (Å²) in [7, 11) is 0. The third-order valence-electron chi connectivity index (χ3n) is 1.64. The lowest BCUT2D eigenvalue weighted by Crippen LogP contribution is -2.19. The Morgan fingerprint density at radius 3 is 2.67 bits per heavy atom. The second-order valence-electron chi connectivity index (χ2n) is 3.13. The van der Waals surface area contributed by atoms with Crippen molar-refractivity contribution in [3.8, 4) is 5.88 Å². The fourth-order valence-electron chi connectivity index (χ4n) is 0.980. The highest BCUT2D eigenvalue weighted by atomic mass is 19.4. The largest absolute Gasteiger partial charge is 0.468 e. The van der Waals surface area contributed by atoms with Crippen molar-refractivity contribution in [2.45, 2.75) is 13.1 Å². The number of rotatable bonds is 4. The lowest BCUT2D eigenvalue weighted by molar-refractivity contribution is -0.154. The fourth-order valence-corrected chi connectivity index (χ4v) is 0.980. The molecule has 0 aliphatic rings. The number of halogens is 3. The number of ether oxygens (including phenoxy) is 2. The molecule has 18 heavy (non-hydrogen) atoms. The molecule has 0 aliphatic heterocycles. The van der Waals surface area contributed by atoms with Gasteiger partial charge < -0.3 is 9.47 Å². The number of amides is 1. The van der Waals surface area contributed by atoms with E-state index in [1.165, 1.54) is 18.3 Å². The molecule has 1 rings (SSSR count). The molecule has 1 aromatic heterocycles. The smallest absolute Gasteiger partial charge is 0.422 e. The van der Waals surface area contributed by atoms with E-state index in [9.17, 15) is 18.0 Å². The van der Waals surface area contributed by atoms with Gasteiger partial charge in [-0.05, 0) is 13.0 Å². The van der Waals surface area contributed by atoms with Crippen LogP contribution in [-0.2, 0) is 4.74 Å². The van der Waals surface area contributed by atoms with Crippen LogP contribution in [0.15, 0.2) is 18.3 Å². The van der Waals surface area contributed by atoms with Gasteiger partial charge in [0.15, 0.2) is 6.61 Å². The lowest BCUT2D eigenvalue weighted by Gasteiger charge is -2.09. The number of anilines is 1. The van der Waals surface area contributed by atoms with Crippen molar-refractivity contribution in [3.05, 3.63) is 18.3 Å². The highest BCUT2D eigenvalue weighted by molar-refractivity contribution is 5.84. The SMILES string of the molecule is CCOC(=O)Nc1ccc(OCC(F)(F)F)nc1. The Morgan fingerprint density at radius 1 is 1.44 bits per heavy atom. The molecule has 1 N–H and O–H groups in total. The van der Waals surface area contributed by atoms with Gasteiger partial charge in [-0.25, -0.2) is 9.78 Å². The summed E-state index contributed by atoms with van der Waals surface area (Å²) in [5.74, 6) is -0.179. The number of alkyl halides is 3. The van der Waals surface area contributed by atoms with Gasteiger partial charge in [0.2, 0.25) is 5.88 Å². The van der Waals surface area contributed by atoms with Gasteiger partial charge in [0, 0.05) is 6.07 Å². The molecule has 0 aromatic carbocycles. The van der Waals surface area contributed by atoms with Crippen LogP contribution in [0.4, 0.5) is 23.7 Å². The van der Waals surface area contributed by atoms with Gasteiger partial charge in [-0.2, -0.15) is 13.2 Å². The summed E-state index contributed by atoms with van der Waals surface area (Å²) in [6, 6.07) is 2.57. The summed E-state index contributed by atoms with van der Waals surface area (Å²) in [5.41, 5.74) is 0.299. The molecule has 0 saturated carbocycles. The van der Waals surface area contributed by atoms with Crippen molar-refractivity contribution in [1.29, 1.82) is 0 Å². The maximum Gasteiger partial charge on any atom is 0.422 e. The van der Waals surface area contributed by atoms with Gasteiger partial charge in [0.1, 0.15) is 0 Å². The van der Waals surface area contributed by atoms with Gasteiger partial charge >= 0.3 is 12.3 Å². The molecule has 1 aromatic rings. The molecule has 8 heteroatoms. The molecule has 1 heterocycles. The van der Waals surface area contributed by atoms with Crippen molar-refractivity contribution in [2.24, 2.45) is 0 Å². The Labute approximate surface area is 101 Å². The first-order valence-corrected chi connectivity index (χ1v) is 5.00. The molecule has 1 amide bonds. The quantitative estimate of drug-likeness (QED) is 0.908. The minimum absolute atomic E-state index is 0.179. The molecule has 100 valence electrons. The molecule has 0 radical (unpaired) electrons. The molecule has 0 aliphatic carbocycles. The molecule has 0 unspecified atom stereocenters. The minimum Gasteiger partial charge on any atom is -0.468 e. The molecule has 0 saturated heterocycles. The van der Waals surface area contributed by atoms with E-state index in [0.717, 1.165) is 0 Å². The van der Waals surface area contributed by atoms with Crippen LogP contribution in [0.5, 0.6) is 5.88 Å². The van der Waals surface area contributed by atoms with E-state index in [4.69, 9.17) is 0 Å². The summed E-state index contributed by atoms with van der Waals surface area (Å²) < 4.78 is 44.6. The lowest BCUT2D eigenvalue weighted by atomic mass is 10.4. The van der Waals surface area contributed by atoms with E-state index in [0.29, 0.717) is 5.69 Å². The topological polar surface area (TPSA) is 60.5 Å². The molecule has 5 nitrogen and oxygen atoms in total. The number of nitrogens with one attached hydrogen (secondary N) is 1. The summed E-state index contributed by atoms with van der Waals surface area (Å²) in [6.45, 7) is 0.447. The zero-order chi connectivity index (χ0) is 13.6. The maximum absolute atomic E-state index is 11.9. The second kappa shape index (κ2) is 6.08. The summed E-state index contributed by atoms with van der Waals surface area (Å²) in [6.07, 6.45) is -3.91. The van der Waals surface area contributed by atoms with Crippen LogP contribution in [0.25, 0.3) is 0 Å². The number of aromatic nitrogens is 1. The standard InChI is InChI=1S/C10H11F3N2O3/c1-2-17-9(16)15-7-3-4-8(14-5-7)18-6-10(11,12)13/h3-5H,2,6H2,1H3,(H,15,16). The maximum atomic E-state index is 11.9. The van der Waals surface area contributed by atoms with Crippen molar-refractivity contribution in [3.63, 3.8) is 0 Å². The Balaban J connectivity index is 2.50. The highest BCUT2D eigenvalue weighted by Crippen LogP contribution is 2.17. The highest BCUT2D eigenvalue weighted by Gasteiger charge is 2.28. The summed E-state index contributed by atoms with van der Waals surface area (Å²) in [5, 5.41) is 2.34. The van der Waals surface area contributed by atoms with Gasteiger partial charge in [-0.3, -0.25) is 5.32 Å². The number of nitrogens with zero attached hydrogens (tertiary/aromatic N) is 1. The van der Waals surface area contributed by atoms with Crippen LogP contribution in [0.2, 0.25) is 0 Å². The van der Waals surface area contributed by atoms with E-state index >= 15 is 0 Å². The monoisotopic (exact) mass is 264 g/mol. The van der Waals surface area contributed by atoms with Crippen LogP contribution >= 0.6 is 0 Å².